The standard InChI is InChI=1S/C31H38N4O.C2H2O4/c1-25-10-15-29(16-11-25)31(28-8-4-3-5-9-28)35-22-20-34(21-23-35)19-7-6-18-32-30(36)17-14-27-13-12-26(2)33-24-27;3-1(4)2(5)6/h3-5,8-17,24,31H,6-7,18-23H2,1-2H3,(H,32,36);(H,3,4)(H,5,6)/b17-14+;. The Morgan fingerprint density at radius 2 is 1.50 bits per heavy atom. The minimum absolute atomic E-state index is 0.0488. The second kappa shape index (κ2) is 16.8. The van der Waals surface area contributed by atoms with E-state index in [0.717, 1.165) is 56.8 Å². The van der Waals surface area contributed by atoms with Gasteiger partial charge in [0.1, 0.15) is 0 Å². The lowest BCUT2D eigenvalue weighted by Gasteiger charge is -2.40. The maximum Gasteiger partial charge on any atom is 0.414 e. The summed E-state index contributed by atoms with van der Waals surface area (Å²) < 4.78 is 0. The number of carbonyl (C=O) groups excluding carboxylic acids is 1. The van der Waals surface area contributed by atoms with Gasteiger partial charge in [0, 0.05) is 50.7 Å². The highest BCUT2D eigenvalue weighted by Gasteiger charge is 2.26. The molecule has 0 radical (unpaired) electrons. The van der Waals surface area contributed by atoms with Gasteiger partial charge in [-0.15, -0.1) is 0 Å². The van der Waals surface area contributed by atoms with E-state index in [-0.39, 0.29) is 5.91 Å². The molecular formula is C33H40N4O5. The van der Waals surface area contributed by atoms with E-state index in [9.17, 15) is 4.79 Å². The third kappa shape index (κ3) is 10.9. The average molecular weight is 573 g/mol. The number of piperazine rings is 1. The number of carboxylic acids is 2. The summed E-state index contributed by atoms with van der Waals surface area (Å²) in [4.78, 5) is 39.7. The van der Waals surface area contributed by atoms with Crippen LogP contribution in [0.2, 0.25) is 0 Å². The summed E-state index contributed by atoms with van der Waals surface area (Å²) in [6.45, 7) is 10.2. The zero-order chi connectivity index (χ0) is 30.3. The van der Waals surface area contributed by atoms with Gasteiger partial charge in [0.25, 0.3) is 0 Å². The lowest BCUT2D eigenvalue weighted by Crippen LogP contribution is -2.48. The highest BCUT2D eigenvalue weighted by atomic mass is 16.4. The third-order valence-electron chi connectivity index (χ3n) is 7.03. The van der Waals surface area contributed by atoms with Crippen LogP contribution in [0.15, 0.2) is 79.0 Å². The summed E-state index contributed by atoms with van der Waals surface area (Å²) >= 11 is 0. The first-order chi connectivity index (χ1) is 20.2. The molecule has 1 saturated heterocycles. The van der Waals surface area contributed by atoms with Gasteiger partial charge < -0.3 is 20.4 Å². The van der Waals surface area contributed by atoms with Gasteiger partial charge in [-0.25, -0.2) is 9.59 Å². The molecule has 1 fully saturated rings. The van der Waals surface area contributed by atoms with Crippen LogP contribution in [0, 0.1) is 13.8 Å². The van der Waals surface area contributed by atoms with Crippen LogP contribution in [0.4, 0.5) is 0 Å². The normalized spacial score (nSPS) is 14.5. The van der Waals surface area contributed by atoms with Crippen molar-refractivity contribution < 1.29 is 24.6 Å². The zero-order valence-corrected chi connectivity index (χ0v) is 24.3. The number of aryl methyl sites for hydroxylation is 2. The molecule has 1 aliphatic rings. The number of unbranched alkanes of at least 4 members (excludes halogenated alkanes) is 1. The van der Waals surface area contributed by atoms with Crippen molar-refractivity contribution in [3.8, 4) is 0 Å². The first kappa shape index (κ1) is 32.2. The van der Waals surface area contributed by atoms with Gasteiger partial charge in [-0.3, -0.25) is 14.7 Å². The van der Waals surface area contributed by atoms with Crippen LogP contribution in [-0.2, 0) is 14.4 Å². The topological polar surface area (TPSA) is 123 Å². The molecule has 1 atom stereocenters. The highest BCUT2D eigenvalue weighted by molar-refractivity contribution is 6.27. The SMILES string of the molecule is Cc1ccc(C(c2ccccc2)N2CCN(CCCCNC(=O)/C=C/c3ccc(C)nc3)CC2)cc1.O=C(O)C(=O)O. The van der Waals surface area contributed by atoms with Crippen LogP contribution in [0.1, 0.15) is 46.8 Å². The van der Waals surface area contributed by atoms with Crippen molar-refractivity contribution in [1.29, 1.82) is 0 Å². The Bertz CT molecular complexity index is 1290. The lowest BCUT2D eigenvalue weighted by molar-refractivity contribution is -0.159. The summed E-state index contributed by atoms with van der Waals surface area (Å²) in [7, 11) is 0. The Balaban J connectivity index is 0.000000730. The van der Waals surface area contributed by atoms with Crippen molar-refractivity contribution in [2.24, 2.45) is 0 Å². The minimum Gasteiger partial charge on any atom is -0.473 e. The van der Waals surface area contributed by atoms with Crippen LogP contribution in [0.3, 0.4) is 0 Å². The Morgan fingerprint density at radius 1 is 0.857 bits per heavy atom. The highest BCUT2D eigenvalue weighted by Crippen LogP contribution is 2.29. The molecule has 0 bridgehead atoms. The molecule has 1 unspecified atom stereocenters. The van der Waals surface area contributed by atoms with Crippen LogP contribution >= 0.6 is 0 Å². The number of aromatic nitrogens is 1. The fraction of sp³-hybridized carbons (Fsp3) is 0.333. The predicted octanol–water partition coefficient (Wildman–Crippen LogP) is 4.17. The number of carbonyl (C=O) groups is 3. The largest absolute Gasteiger partial charge is 0.473 e. The molecule has 2 aromatic carbocycles. The number of aliphatic carboxylic acids is 2. The van der Waals surface area contributed by atoms with E-state index in [4.69, 9.17) is 19.8 Å². The molecule has 3 N–H and O–H groups in total. The Morgan fingerprint density at radius 3 is 2.10 bits per heavy atom. The molecule has 0 saturated carbocycles. The molecule has 1 aromatic heterocycles. The smallest absolute Gasteiger partial charge is 0.414 e. The molecule has 1 aliphatic heterocycles. The Hall–Kier alpha value is -4.34. The maximum atomic E-state index is 12.1. The molecule has 0 aliphatic carbocycles. The van der Waals surface area contributed by atoms with E-state index in [1.165, 1.54) is 16.7 Å². The fourth-order valence-corrected chi connectivity index (χ4v) is 4.72. The molecule has 1 amide bonds. The van der Waals surface area contributed by atoms with E-state index in [2.05, 4.69) is 81.6 Å². The van der Waals surface area contributed by atoms with Gasteiger partial charge in [0.2, 0.25) is 5.91 Å². The zero-order valence-electron chi connectivity index (χ0n) is 24.3. The summed E-state index contributed by atoms with van der Waals surface area (Å²) in [5.74, 6) is -3.70. The number of hydrogen-bond donors (Lipinski definition) is 3. The second-order valence-corrected chi connectivity index (χ2v) is 10.3. The number of nitrogens with one attached hydrogen (secondary N) is 1. The average Bonchev–Trinajstić information content (AvgIpc) is 2.99. The molecule has 222 valence electrons. The van der Waals surface area contributed by atoms with Crippen LogP contribution in [0.25, 0.3) is 6.08 Å². The number of benzene rings is 2. The molecule has 0 spiro atoms. The molecule has 2 heterocycles. The van der Waals surface area contributed by atoms with E-state index >= 15 is 0 Å². The molecule has 9 nitrogen and oxygen atoms in total. The number of nitrogens with zero attached hydrogens (tertiary/aromatic N) is 3. The van der Waals surface area contributed by atoms with Crippen molar-refractivity contribution >= 4 is 23.9 Å². The van der Waals surface area contributed by atoms with Crippen molar-refractivity contribution in [2.75, 3.05) is 39.3 Å². The van der Waals surface area contributed by atoms with Crippen LogP contribution in [0.5, 0.6) is 0 Å². The number of amides is 1. The summed E-state index contributed by atoms with van der Waals surface area (Å²) in [6, 6.07) is 24.1. The fourth-order valence-electron chi connectivity index (χ4n) is 4.72. The van der Waals surface area contributed by atoms with Gasteiger partial charge >= 0.3 is 11.9 Å². The summed E-state index contributed by atoms with van der Waals surface area (Å²) in [5, 5.41) is 17.8. The van der Waals surface area contributed by atoms with Crippen molar-refractivity contribution in [3.05, 3.63) is 107 Å². The monoisotopic (exact) mass is 572 g/mol. The third-order valence-corrected chi connectivity index (χ3v) is 7.03. The molecule has 3 aromatic rings. The predicted molar refractivity (Wildman–Crippen MR) is 163 cm³/mol. The number of carboxylic acid groups (broad SMARTS) is 2. The van der Waals surface area contributed by atoms with Gasteiger partial charge in [0.15, 0.2) is 0 Å². The van der Waals surface area contributed by atoms with Crippen LogP contribution < -0.4 is 5.32 Å². The van der Waals surface area contributed by atoms with Crippen molar-refractivity contribution in [3.63, 3.8) is 0 Å². The van der Waals surface area contributed by atoms with Crippen LogP contribution in [-0.4, -0.2) is 82.1 Å². The Labute approximate surface area is 247 Å². The Kier molecular flexibility index (Phi) is 12.9. The van der Waals surface area contributed by atoms with E-state index < -0.39 is 11.9 Å². The quantitative estimate of drug-likeness (QED) is 0.188. The first-order valence-electron chi connectivity index (χ1n) is 14.2. The molecule has 42 heavy (non-hydrogen) atoms. The maximum absolute atomic E-state index is 12.1. The first-order valence-corrected chi connectivity index (χ1v) is 14.2. The summed E-state index contributed by atoms with van der Waals surface area (Å²) in [6.07, 6.45) is 7.25. The second-order valence-electron chi connectivity index (χ2n) is 10.3. The lowest BCUT2D eigenvalue weighted by atomic mass is 9.95. The van der Waals surface area contributed by atoms with Gasteiger partial charge in [0.05, 0.1) is 6.04 Å². The van der Waals surface area contributed by atoms with Crippen molar-refractivity contribution in [2.45, 2.75) is 32.7 Å². The van der Waals surface area contributed by atoms with Gasteiger partial charge in [-0.1, -0.05) is 66.2 Å². The molecule has 9 heteroatoms. The number of rotatable bonds is 10. The van der Waals surface area contributed by atoms with Gasteiger partial charge in [-0.05, 0) is 62.1 Å². The van der Waals surface area contributed by atoms with E-state index in [1.54, 1.807) is 18.3 Å². The van der Waals surface area contributed by atoms with Crippen molar-refractivity contribution in [1.82, 2.24) is 20.1 Å². The van der Waals surface area contributed by atoms with E-state index in [0.29, 0.717) is 12.6 Å². The minimum atomic E-state index is -1.82. The number of hydrogen-bond acceptors (Lipinski definition) is 6. The van der Waals surface area contributed by atoms with Gasteiger partial charge in [-0.2, -0.15) is 0 Å². The molecular weight excluding hydrogens is 532 g/mol. The summed E-state index contributed by atoms with van der Waals surface area (Å²) in [5.41, 5.74) is 5.93. The molecule has 4 rings (SSSR count). The number of pyridine rings is 1. The van der Waals surface area contributed by atoms with E-state index in [1.807, 2.05) is 19.1 Å².